The lowest BCUT2D eigenvalue weighted by Gasteiger charge is -2.10. The number of rotatable bonds is 8. The number of carbonyl (C=O) groups is 3. The number of ether oxygens (including phenoxy) is 1. The second kappa shape index (κ2) is 10.8. The van der Waals surface area contributed by atoms with Crippen LogP contribution in [-0.2, 0) is 14.3 Å². The summed E-state index contributed by atoms with van der Waals surface area (Å²) in [5.41, 5.74) is 3.03. The summed E-state index contributed by atoms with van der Waals surface area (Å²) in [5, 5.41) is 16.3. The fourth-order valence-corrected chi connectivity index (χ4v) is 4.78. The van der Waals surface area contributed by atoms with Gasteiger partial charge in [-0.15, -0.1) is 22.7 Å². The smallest absolute Gasteiger partial charge is 0.342 e. The minimum Gasteiger partial charge on any atom is -0.454 e. The molecule has 2 heterocycles. The lowest BCUT2D eigenvalue weighted by Crippen LogP contribution is -2.21. The van der Waals surface area contributed by atoms with Gasteiger partial charge in [-0.2, -0.15) is 5.26 Å². The predicted molar refractivity (Wildman–Crippen MR) is 128 cm³/mol. The van der Waals surface area contributed by atoms with E-state index in [1.165, 1.54) is 28.7 Å². The van der Waals surface area contributed by atoms with Crippen molar-refractivity contribution in [2.24, 2.45) is 0 Å². The van der Waals surface area contributed by atoms with E-state index in [4.69, 9.17) is 4.74 Å². The molecular weight excluding hydrogens is 458 g/mol. The third-order valence-electron chi connectivity index (χ3n) is 4.42. The Labute approximate surface area is 199 Å². The van der Waals surface area contributed by atoms with Gasteiger partial charge < -0.3 is 10.1 Å². The van der Waals surface area contributed by atoms with Crippen molar-refractivity contribution in [3.63, 3.8) is 0 Å². The summed E-state index contributed by atoms with van der Waals surface area (Å²) in [6, 6.07) is 11.1. The number of esters is 1. The lowest BCUT2D eigenvalue weighted by atomic mass is 10.0. The van der Waals surface area contributed by atoms with Crippen LogP contribution < -0.4 is 5.32 Å². The third-order valence-corrected chi connectivity index (χ3v) is 6.34. The predicted octanol–water partition coefficient (Wildman–Crippen LogP) is 5.12. The maximum atomic E-state index is 13.1. The fourth-order valence-electron chi connectivity index (χ4n) is 2.95. The number of thiazole rings is 1. The molecule has 0 fully saturated rings. The van der Waals surface area contributed by atoms with Gasteiger partial charge in [0.15, 0.2) is 18.3 Å². The highest BCUT2D eigenvalue weighted by Crippen LogP contribution is 2.36. The number of thiophene rings is 1. The van der Waals surface area contributed by atoms with Crippen LogP contribution in [0.5, 0.6) is 0 Å². The zero-order chi connectivity index (χ0) is 24.0. The SMILES string of the molecule is CC(C)=CC(=O)Nc1scc(-c2ccccc2)c1C(=O)OCC(=O)[C@H](C#N)c1nc(C)cs1. The van der Waals surface area contributed by atoms with Gasteiger partial charge in [-0.05, 0) is 26.3 Å². The molecule has 168 valence electrons. The first-order valence-corrected chi connectivity index (χ1v) is 11.7. The first kappa shape index (κ1) is 24.0. The molecule has 0 aliphatic heterocycles. The van der Waals surface area contributed by atoms with E-state index in [1.54, 1.807) is 31.5 Å². The molecule has 7 nitrogen and oxygen atoms in total. The van der Waals surface area contributed by atoms with Gasteiger partial charge in [-0.25, -0.2) is 9.78 Å². The van der Waals surface area contributed by atoms with Gasteiger partial charge in [-0.1, -0.05) is 35.9 Å². The van der Waals surface area contributed by atoms with Crippen molar-refractivity contribution in [2.45, 2.75) is 26.7 Å². The minimum absolute atomic E-state index is 0.160. The van der Waals surface area contributed by atoms with Gasteiger partial charge >= 0.3 is 5.97 Å². The molecule has 1 amide bonds. The maximum absolute atomic E-state index is 13.1. The van der Waals surface area contributed by atoms with Crippen molar-refractivity contribution in [3.05, 3.63) is 69.0 Å². The lowest BCUT2D eigenvalue weighted by molar-refractivity contribution is -0.122. The van der Waals surface area contributed by atoms with Crippen molar-refractivity contribution >= 4 is 45.3 Å². The summed E-state index contributed by atoms with van der Waals surface area (Å²) < 4.78 is 5.30. The molecule has 0 aliphatic rings. The summed E-state index contributed by atoms with van der Waals surface area (Å²) in [7, 11) is 0. The van der Waals surface area contributed by atoms with E-state index in [9.17, 15) is 19.6 Å². The zero-order valence-electron chi connectivity index (χ0n) is 18.2. The highest BCUT2D eigenvalue weighted by Gasteiger charge is 2.27. The molecule has 33 heavy (non-hydrogen) atoms. The molecule has 0 bridgehead atoms. The molecule has 0 spiro atoms. The summed E-state index contributed by atoms with van der Waals surface area (Å²) in [5.74, 6) is -2.80. The van der Waals surface area contributed by atoms with E-state index in [-0.39, 0.29) is 11.5 Å². The minimum atomic E-state index is -1.11. The van der Waals surface area contributed by atoms with Crippen molar-refractivity contribution in [1.29, 1.82) is 5.26 Å². The first-order chi connectivity index (χ1) is 15.8. The number of benzene rings is 1. The molecule has 0 radical (unpaired) electrons. The molecule has 0 aliphatic carbocycles. The van der Waals surface area contributed by atoms with Gasteiger partial charge in [0.2, 0.25) is 5.91 Å². The second-order valence-electron chi connectivity index (χ2n) is 7.36. The largest absolute Gasteiger partial charge is 0.454 e. The molecule has 1 aromatic carbocycles. The number of hydrogen-bond acceptors (Lipinski definition) is 8. The number of nitrogens with zero attached hydrogens (tertiary/aromatic N) is 2. The Balaban J connectivity index is 1.85. The normalized spacial score (nSPS) is 11.2. The number of allylic oxidation sites excluding steroid dienone is 1. The molecule has 0 saturated carbocycles. The Morgan fingerprint density at radius 2 is 1.91 bits per heavy atom. The molecule has 1 atom stereocenters. The number of nitriles is 1. The van der Waals surface area contributed by atoms with Gasteiger partial charge in [0.05, 0.1) is 6.07 Å². The average molecular weight is 480 g/mol. The van der Waals surface area contributed by atoms with Crippen molar-refractivity contribution in [1.82, 2.24) is 4.98 Å². The number of nitrogens with one attached hydrogen (secondary N) is 1. The highest BCUT2D eigenvalue weighted by atomic mass is 32.1. The summed E-state index contributed by atoms with van der Waals surface area (Å²) in [4.78, 5) is 42.1. The number of anilines is 1. The van der Waals surface area contributed by atoms with E-state index in [0.717, 1.165) is 11.1 Å². The average Bonchev–Trinajstić information content (AvgIpc) is 3.39. The Morgan fingerprint density at radius 3 is 2.52 bits per heavy atom. The van der Waals surface area contributed by atoms with E-state index < -0.39 is 24.3 Å². The third kappa shape index (κ3) is 6.00. The van der Waals surface area contributed by atoms with E-state index >= 15 is 0 Å². The summed E-state index contributed by atoms with van der Waals surface area (Å²) >= 11 is 2.40. The number of aromatic nitrogens is 1. The van der Waals surface area contributed by atoms with Gasteiger partial charge in [0, 0.05) is 28.1 Å². The van der Waals surface area contributed by atoms with Crippen LogP contribution in [-0.4, -0.2) is 29.3 Å². The highest BCUT2D eigenvalue weighted by molar-refractivity contribution is 7.15. The number of carbonyl (C=O) groups excluding carboxylic acids is 3. The van der Waals surface area contributed by atoms with Crippen LogP contribution in [0.4, 0.5) is 5.00 Å². The number of amides is 1. The fraction of sp³-hybridized carbons (Fsp3) is 0.208. The van der Waals surface area contributed by atoms with E-state index in [1.807, 2.05) is 36.4 Å². The van der Waals surface area contributed by atoms with E-state index in [2.05, 4.69) is 10.3 Å². The van der Waals surface area contributed by atoms with Crippen LogP contribution in [0.15, 0.2) is 52.7 Å². The van der Waals surface area contributed by atoms with Gasteiger partial charge in [0.25, 0.3) is 0 Å². The van der Waals surface area contributed by atoms with Crippen LogP contribution in [0, 0.1) is 18.3 Å². The number of aryl methyl sites for hydroxylation is 1. The van der Waals surface area contributed by atoms with Gasteiger partial charge in [0.1, 0.15) is 15.6 Å². The standard InChI is InChI=1S/C24H21N3O4S2/c1-14(2)9-20(29)27-23-21(18(13-33-23)16-7-5-4-6-8-16)24(30)31-11-19(28)17(10-25)22-26-15(3)12-32-22/h4-9,12-13,17H,11H2,1-3H3,(H,27,29)/t17-/m0/s1. The second-order valence-corrected chi connectivity index (χ2v) is 9.13. The molecule has 2 aromatic heterocycles. The molecule has 0 saturated heterocycles. The molecule has 3 rings (SSSR count). The van der Waals surface area contributed by atoms with Crippen molar-refractivity contribution < 1.29 is 19.1 Å². The van der Waals surface area contributed by atoms with Gasteiger partial charge in [-0.3, -0.25) is 9.59 Å². The number of Topliss-reactive ketones (excluding diaryl/α,β-unsaturated/α-hetero) is 1. The Morgan fingerprint density at radius 1 is 1.18 bits per heavy atom. The molecule has 9 heteroatoms. The van der Waals surface area contributed by atoms with E-state index in [0.29, 0.717) is 21.3 Å². The van der Waals surface area contributed by atoms with Crippen molar-refractivity contribution in [2.75, 3.05) is 11.9 Å². The molecular formula is C24H21N3O4S2. The van der Waals surface area contributed by atoms with Crippen molar-refractivity contribution in [3.8, 4) is 17.2 Å². The van der Waals surface area contributed by atoms with Crippen LogP contribution >= 0.6 is 22.7 Å². The number of ketones is 1. The molecule has 0 unspecified atom stereocenters. The first-order valence-electron chi connectivity index (χ1n) is 9.94. The van der Waals surface area contributed by atoms with Crippen LogP contribution in [0.2, 0.25) is 0 Å². The summed E-state index contributed by atoms with van der Waals surface area (Å²) in [6.07, 6.45) is 1.42. The Bertz CT molecular complexity index is 1250. The van der Waals surface area contributed by atoms with Crippen LogP contribution in [0.25, 0.3) is 11.1 Å². The Kier molecular flexibility index (Phi) is 7.87. The molecule has 3 aromatic rings. The van der Waals surface area contributed by atoms with Crippen LogP contribution in [0.3, 0.4) is 0 Å². The Hall–Kier alpha value is -3.61. The maximum Gasteiger partial charge on any atom is 0.342 e. The monoisotopic (exact) mass is 479 g/mol. The molecule has 1 N–H and O–H groups in total. The van der Waals surface area contributed by atoms with Crippen LogP contribution in [0.1, 0.15) is 40.8 Å². The topological polar surface area (TPSA) is 109 Å². The number of hydrogen-bond donors (Lipinski definition) is 1. The quantitative estimate of drug-likeness (QED) is 0.355. The zero-order valence-corrected chi connectivity index (χ0v) is 19.9. The summed E-state index contributed by atoms with van der Waals surface area (Å²) in [6.45, 7) is 4.77.